The lowest BCUT2D eigenvalue weighted by Crippen LogP contribution is -2.58. The summed E-state index contributed by atoms with van der Waals surface area (Å²) < 4.78 is 33.1. The summed E-state index contributed by atoms with van der Waals surface area (Å²) >= 11 is 0. The largest absolute Gasteiger partial charge is 0.480 e. The SMILES string of the molecule is CCCN1CCC2(CC1)OCC(C(=O)O)N2C(=O)c1ccc(F)cc1F. The first-order chi connectivity index (χ1) is 12.4. The van der Waals surface area contributed by atoms with Gasteiger partial charge in [0, 0.05) is 32.0 Å². The van der Waals surface area contributed by atoms with E-state index in [4.69, 9.17) is 4.74 Å². The van der Waals surface area contributed by atoms with Gasteiger partial charge in [-0.1, -0.05) is 6.92 Å². The molecule has 0 aromatic heterocycles. The molecule has 142 valence electrons. The molecule has 3 rings (SSSR count). The summed E-state index contributed by atoms with van der Waals surface area (Å²) in [5, 5.41) is 9.51. The number of hydrogen-bond acceptors (Lipinski definition) is 4. The normalized spacial score (nSPS) is 22.7. The fourth-order valence-corrected chi connectivity index (χ4v) is 3.79. The Labute approximate surface area is 150 Å². The number of benzene rings is 1. The van der Waals surface area contributed by atoms with Gasteiger partial charge in [-0.3, -0.25) is 9.69 Å². The van der Waals surface area contributed by atoms with Gasteiger partial charge in [-0.2, -0.15) is 0 Å². The number of hydrogen-bond donors (Lipinski definition) is 1. The number of carboxylic acid groups (broad SMARTS) is 1. The van der Waals surface area contributed by atoms with Crippen LogP contribution in [0.2, 0.25) is 0 Å². The maximum absolute atomic E-state index is 14.1. The topological polar surface area (TPSA) is 70.1 Å². The Morgan fingerprint density at radius 3 is 2.58 bits per heavy atom. The number of nitrogens with zero attached hydrogens (tertiary/aromatic N) is 2. The minimum atomic E-state index is -1.20. The van der Waals surface area contributed by atoms with Gasteiger partial charge >= 0.3 is 5.97 Å². The third-order valence-electron chi connectivity index (χ3n) is 5.10. The Balaban J connectivity index is 1.91. The average molecular weight is 368 g/mol. The van der Waals surface area contributed by atoms with E-state index in [2.05, 4.69) is 11.8 Å². The molecular weight excluding hydrogens is 346 g/mol. The molecule has 0 saturated carbocycles. The van der Waals surface area contributed by atoms with Gasteiger partial charge in [0.15, 0.2) is 6.04 Å². The van der Waals surface area contributed by atoms with Crippen molar-refractivity contribution in [3.63, 3.8) is 0 Å². The first-order valence-corrected chi connectivity index (χ1v) is 8.76. The average Bonchev–Trinajstić information content (AvgIpc) is 2.96. The van der Waals surface area contributed by atoms with Crippen molar-refractivity contribution < 1.29 is 28.2 Å². The molecule has 0 aliphatic carbocycles. The molecule has 0 radical (unpaired) electrons. The molecule has 1 atom stereocenters. The summed E-state index contributed by atoms with van der Waals surface area (Å²) in [7, 11) is 0. The van der Waals surface area contributed by atoms with Crippen LogP contribution in [0.25, 0.3) is 0 Å². The smallest absolute Gasteiger partial charge is 0.328 e. The van der Waals surface area contributed by atoms with Gasteiger partial charge in [0.2, 0.25) is 0 Å². The minimum Gasteiger partial charge on any atom is -0.480 e. The molecule has 1 unspecified atom stereocenters. The van der Waals surface area contributed by atoms with E-state index in [0.29, 0.717) is 32.0 Å². The summed E-state index contributed by atoms with van der Waals surface area (Å²) in [6, 6.07) is 1.46. The van der Waals surface area contributed by atoms with Gasteiger partial charge in [0.05, 0.1) is 12.2 Å². The Morgan fingerprint density at radius 2 is 2.00 bits per heavy atom. The standard InChI is InChI=1S/C18H22F2N2O4/c1-2-7-21-8-5-18(6-9-21)22(15(11-26-18)17(24)25)16(23)13-4-3-12(19)10-14(13)20/h3-4,10,15H,2,5-9,11H2,1H3,(H,24,25). The second kappa shape index (κ2) is 7.28. The lowest BCUT2D eigenvalue weighted by atomic mass is 9.96. The number of rotatable bonds is 4. The van der Waals surface area contributed by atoms with Gasteiger partial charge in [-0.15, -0.1) is 0 Å². The monoisotopic (exact) mass is 368 g/mol. The first-order valence-electron chi connectivity index (χ1n) is 8.76. The molecule has 2 saturated heterocycles. The van der Waals surface area contributed by atoms with Crippen LogP contribution in [0.15, 0.2) is 18.2 Å². The molecule has 26 heavy (non-hydrogen) atoms. The van der Waals surface area contributed by atoms with Gasteiger partial charge in [-0.05, 0) is 25.1 Å². The molecule has 6 nitrogen and oxygen atoms in total. The molecule has 1 amide bonds. The van der Waals surface area contributed by atoms with Crippen LogP contribution in [0.3, 0.4) is 0 Å². The van der Waals surface area contributed by atoms with Crippen molar-refractivity contribution in [3.05, 3.63) is 35.4 Å². The van der Waals surface area contributed by atoms with E-state index in [1.165, 1.54) is 0 Å². The van der Waals surface area contributed by atoms with Crippen molar-refractivity contribution >= 4 is 11.9 Å². The molecule has 8 heteroatoms. The number of ether oxygens (including phenoxy) is 1. The van der Waals surface area contributed by atoms with Gasteiger partial charge in [0.25, 0.3) is 5.91 Å². The highest BCUT2D eigenvalue weighted by molar-refractivity contribution is 5.97. The summed E-state index contributed by atoms with van der Waals surface area (Å²) in [5.41, 5.74) is -1.41. The Kier molecular flexibility index (Phi) is 5.24. The van der Waals surface area contributed by atoms with Crippen LogP contribution < -0.4 is 0 Å². The van der Waals surface area contributed by atoms with Crippen LogP contribution in [0, 0.1) is 11.6 Å². The number of carbonyl (C=O) groups excluding carboxylic acids is 1. The molecule has 1 N–H and O–H groups in total. The number of carboxylic acids is 1. The zero-order valence-corrected chi connectivity index (χ0v) is 14.6. The maximum Gasteiger partial charge on any atom is 0.328 e. The van der Waals surface area contributed by atoms with Crippen LogP contribution in [-0.4, -0.2) is 64.8 Å². The number of aliphatic carboxylic acids is 1. The van der Waals surface area contributed by atoms with E-state index in [9.17, 15) is 23.5 Å². The van der Waals surface area contributed by atoms with Crippen molar-refractivity contribution in [2.45, 2.75) is 38.0 Å². The highest BCUT2D eigenvalue weighted by Gasteiger charge is 2.54. The van der Waals surface area contributed by atoms with E-state index < -0.39 is 35.3 Å². The highest BCUT2D eigenvalue weighted by Crippen LogP contribution is 2.38. The number of piperidine rings is 1. The van der Waals surface area contributed by atoms with Crippen molar-refractivity contribution in [2.24, 2.45) is 0 Å². The Bertz CT molecular complexity index is 704. The first kappa shape index (κ1) is 18.7. The van der Waals surface area contributed by atoms with E-state index in [1.54, 1.807) is 0 Å². The van der Waals surface area contributed by atoms with Crippen molar-refractivity contribution in [1.29, 1.82) is 0 Å². The molecule has 2 fully saturated rings. The number of amides is 1. The third-order valence-corrected chi connectivity index (χ3v) is 5.10. The molecule has 1 spiro atoms. The maximum atomic E-state index is 14.1. The lowest BCUT2D eigenvalue weighted by Gasteiger charge is -2.44. The fourth-order valence-electron chi connectivity index (χ4n) is 3.79. The van der Waals surface area contributed by atoms with Crippen LogP contribution in [0.1, 0.15) is 36.5 Å². The summed E-state index contributed by atoms with van der Waals surface area (Å²) in [6.07, 6.45) is 1.89. The highest BCUT2D eigenvalue weighted by atomic mass is 19.1. The van der Waals surface area contributed by atoms with Crippen molar-refractivity contribution in [1.82, 2.24) is 9.80 Å². The van der Waals surface area contributed by atoms with E-state index in [0.717, 1.165) is 30.0 Å². The van der Waals surface area contributed by atoms with Gasteiger partial charge < -0.3 is 14.7 Å². The number of halogens is 2. The quantitative estimate of drug-likeness (QED) is 0.881. The van der Waals surface area contributed by atoms with E-state index in [-0.39, 0.29) is 12.2 Å². The predicted molar refractivity (Wildman–Crippen MR) is 88.6 cm³/mol. The number of likely N-dealkylation sites (tertiary alicyclic amines) is 1. The molecule has 2 aliphatic heterocycles. The zero-order chi connectivity index (χ0) is 18.9. The summed E-state index contributed by atoms with van der Waals surface area (Å²) in [5.74, 6) is -3.79. The van der Waals surface area contributed by atoms with Gasteiger partial charge in [0.1, 0.15) is 17.4 Å². The molecule has 2 aliphatic rings. The molecule has 1 aromatic carbocycles. The Morgan fingerprint density at radius 1 is 1.31 bits per heavy atom. The third kappa shape index (κ3) is 3.31. The zero-order valence-electron chi connectivity index (χ0n) is 14.6. The minimum absolute atomic E-state index is 0.141. The second-order valence-corrected chi connectivity index (χ2v) is 6.75. The molecular formula is C18H22F2N2O4. The lowest BCUT2D eigenvalue weighted by molar-refractivity contribution is -0.143. The van der Waals surface area contributed by atoms with Crippen LogP contribution in [0.5, 0.6) is 0 Å². The molecule has 2 heterocycles. The summed E-state index contributed by atoms with van der Waals surface area (Å²) in [4.78, 5) is 28.0. The summed E-state index contributed by atoms with van der Waals surface area (Å²) in [6.45, 7) is 4.17. The van der Waals surface area contributed by atoms with E-state index in [1.807, 2.05) is 0 Å². The molecule has 0 bridgehead atoms. The van der Waals surface area contributed by atoms with Crippen molar-refractivity contribution in [2.75, 3.05) is 26.2 Å². The Hall–Kier alpha value is -2.06. The van der Waals surface area contributed by atoms with Crippen LogP contribution in [0.4, 0.5) is 8.78 Å². The van der Waals surface area contributed by atoms with Crippen LogP contribution >= 0.6 is 0 Å². The fraction of sp³-hybridized carbons (Fsp3) is 0.556. The van der Waals surface area contributed by atoms with E-state index >= 15 is 0 Å². The number of carbonyl (C=O) groups is 2. The van der Waals surface area contributed by atoms with Gasteiger partial charge in [-0.25, -0.2) is 13.6 Å². The van der Waals surface area contributed by atoms with Crippen molar-refractivity contribution in [3.8, 4) is 0 Å². The van der Waals surface area contributed by atoms with Crippen LogP contribution in [-0.2, 0) is 9.53 Å². The second-order valence-electron chi connectivity index (χ2n) is 6.75. The predicted octanol–water partition coefficient (Wildman–Crippen LogP) is 2.09. The molecule has 1 aromatic rings.